The van der Waals surface area contributed by atoms with Crippen LogP contribution in [-0.4, -0.2) is 38.0 Å². The van der Waals surface area contributed by atoms with Gasteiger partial charge in [0.25, 0.3) is 0 Å². The minimum absolute atomic E-state index is 0.291. The molecule has 0 aromatic heterocycles. The number of carbonyl (C=O) groups excluding carboxylic acids is 1. The third-order valence-corrected chi connectivity index (χ3v) is 3.17. The molecule has 1 rings (SSSR count). The molecule has 5 nitrogen and oxygen atoms in total. The molecule has 0 amide bonds. The van der Waals surface area contributed by atoms with Gasteiger partial charge in [0, 0.05) is 25.9 Å². The Kier molecular flexibility index (Phi) is 9.18. The van der Waals surface area contributed by atoms with E-state index in [-0.39, 0.29) is 5.97 Å². The lowest BCUT2D eigenvalue weighted by atomic mass is 10.2. The normalized spacial score (nSPS) is 10.1. The van der Waals surface area contributed by atoms with Gasteiger partial charge in [-0.05, 0) is 49.3 Å². The molecule has 1 aromatic carbocycles. The van der Waals surface area contributed by atoms with Crippen molar-refractivity contribution in [3.05, 3.63) is 29.8 Å². The molecular formula is C16H24N2O3S. The highest BCUT2D eigenvalue weighted by Gasteiger charge is 2.06. The molecule has 0 aliphatic rings. The molecule has 0 fully saturated rings. The highest BCUT2D eigenvalue weighted by Crippen LogP contribution is 2.10. The average Bonchev–Trinajstić information content (AvgIpc) is 2.52. The molecule has 0 aliphatic heterocycles. The molecule has 0 bridgehead atoms. The second-order valence-corrected chi connectivity index (χ2v) is 5.20. The number of anilines is 1. The maximum absolute atomic E-state index is 11.8. The van der Waals surface area contributed by atoms with Crippen molar-refractivity contribution in [2.45, 2.75) is 26.2 Å². The first kappa shape index (κ1) is 18.4. The third kappa shape index (κ3) is 7.38. The number of rotatable bonds is 9. The fraction of sp³-hybridized carbons (Fsp3) is 0.500. The fourth-order valence-electron chi connectivity index (χ4n) is 1.68. The number of ether oxygens (including phenoxy) is 2. The van der Waals surface area contributed by atoms with Crippen LogP contribution in [0.4, 0.5) is 5.69 Å². The van der Waals surface area contributed by atoms with Crippen molar-refractivity contribution in [3.63, 3.8) is 0 Å². The van der Waals surface area contributed by atoms with Gasteiger partial charge in [-0.2, -0.15) is 0 Å². The summed E-state index contributed by atoms with van der Waals surface area (Å²) in [5.41, 5.74) is 1.37. The molecule has 0 atom stereocenters. The molecule has 1 aromatic rings. The molecule has 2 N–H and O–H groups in total. The first-order chi connectivity index (χ1) is 10.7. The smallest absolute Gasteiger partial charge is 0.338 e. The van der Waals surface area contributed by atoms with Crippen molar-refractivity contribution in [2.24, 2.45) is 0 Å². The predicted molar refractivity (Wildman–Crippen MR) is 92.3 cm³/mol. The zero-order valence-electron chi connectivity index (χ0n) is 13.2. The third-order valence-electron chi connectivity index (χ3n) is 2.92. The molecule has 6 heteroatoms. The Labute approximate surface area is 137 Å². The van der Waals surface area contributed by atoms with Gasteiger partial charge in [0.1, 0.15) is 0 Å². The van der Waals surface area contributed by atoms with Gasteiger partial charge < -0.3 is 20.1 Å². The lowest BCUT2D eigenvalue weighted by Gasteiger charge is -2.10. The Balaban J connectivity index is 2.37. The number of hydrogen-bond donors (Lipinski definition) is 2. The first-order valence-corrected chi connectivity index (χ1v) is 7.89. The Morgan fingerprint density at radius 2 is 1.91 bits per heavy atom. The van der Waals surface area contributed by atoms with E-state index in [1.807, 2.05) is 0 Å². The quantitative estimate of drug-likeness (QED) is 0.414. The van der Waals surface area contributed by atoms with Gasteiger partial charge in [-0.1, -0.05) is 13.3 Å². The van der Waals surface area contributed by atoms with Crippen LogP contribution in [0.15, 0.2) is 24.3 Å². The van der Waals surface area contributed by atoms with Gasteiger partial charge in [0.15, 0.2) is 5.11 Å². The lowest BCUT2D eigenvalue weighted by molar-refractivity contribution is 0.0500. The van der Waals surface area contributed by atoms with E-state index >= 15 is 0 Å². The summed E-state index contributed by atoms with van der Waals surface area (Å²) in [6.45, 7) is 3.97. The summed E-state index contributed by atoms with van der Waals surface area (Å²) in [6, 6.07) is 7.06. The van der Waals surface area contributed by atoms with Crippen molar-refractivity contribution < 1.29 is 14.3 Å². The van der Waals surface area contributed by atoms with Crippen LogP contribution in [0.5, 0.6) is 0 Å². The van der Waals surface area contributed by atoms with Crippen LogP contribution in [0.1, 0.15) is 36.5 Å². The van der Waals surface area contributed by atoms with Crippen LogP contribution in [0.25, 0.3) is 0 Å². The van der Waals surface area contributed by atoms with E-state index < -0.39 is 0 Å². The minimum Gasteiger partial charge on any atom is -0.462 e. The molecule has 122 valence electrons. The average molecular weight is 324 g/mol. The van der Waals surface area contributed by atoms with Crippen molar-refractivity contribution >= 4 is 29.0 Å². The first-order valence-electron chi connectivity index (χ1n) is 7.48. The number of methoxy groups -OCH3 is 1. The Hall–Kier alpha value is -1.66. The van der Waals surface area contributed by atoms with Gasteiger partial charge in [0.2, 0.25) is 0 Å². The van der Waals surface area contributed by atoms with Crippen LogP contribution in [0, 0.1) is 0 Å². The van der Waals surface area contributed by atoms with Crippen molar-refractivity contribution in [3.8, 4) is 0 Å². The molecule has 0 aliphatic carbocycles. The number of unbranched alkanes of at least 4 members (excludes halogenated alkanes) is 1. The SMILES string of the molecule is CCCCOC(=O)c1ccc(NC(=S)NCCCOC)cc1. The summed E-state index contributed by atoms with van der Waals surface area (Å²) >= 11 is 5.19. The minimum atomic E-state index is -0.291. The number of esters is 1. The van der Waals surface area contributed by atoms with Crippen LogP contribution in [-0.2, 0) is 9.47 Å². The van der Waals surface area contributed by atoms with E-state index in [2.05, 4.69) is 17.6 Å². The summed E-state index contributed by atoms with van der Waals surface area (Å²) < 4.78 is 10.1. The maximum Gasteiger partial charge on any atom is 0.338 e. The number of carbonyl (C=O) groups is 1. The topological polar surface area (TPSA) is 59.6 Å². The molecular weight excluding hydrogens is 300 g/mol. The standard InChI is InChI=1S/C16H24N2O3S/c1-3-4-12-21-15(19)13-6-8-14(9-7-13)18-16(22)17-10-5-11-20-2/h6-9H,3-5,10-12H2,1-2H3,(H2,17,18,22). The van der Waals surface area contributed by atoms with E-state index in [9.17, 15) is 4.79 Å². The van der Waals surface area contributed by atoms with E-state index in [4.69, 9.17) is 21.7 Å². The lowest BCUT2D eigenvalue weighted by Crippen LogP contribution is -2.29. The van der Waals surface area contributed by atoms with Crippen LogP contribution >= 0.6 is 12.2 Å². The van der Waals surface area contributed by atoms with E-state index in [0.29, 0.717) is 23.9 Å². The molecule has 0 saturated heterocycles. The van der Waals surface area contributed by atoms with Crippen LogP contribution in [0.2, 0.25) is 0 Å². The molecule has 0 unspecified atom stereocenters. The summed E-state index contributed by atoms with van der Waals surface area (Å²) in [6.07, 6.45) is 2.78. The van der Waals surface area contributed by atoms with Crippen LogP contribution in [0.3, 0.4) is 0 Å². The number of benzene rings is 1. The predicted octanol–water partition coefficient (Wildman–Crippen LogP) is 2.97. The summed E-state index contributed by atoms with van der Waals surface area (Å²) in [4.78, 5) is 11.8. The van der Waals surface area contributed by atoms with E-state index in [0.717, 1.165) is 31.5 Å². The Morgan fingerprint density at radius 3 is 2.55 bits per heavy atom. The van der Waals surface area contributed by atoms with E-state index in [1.165, 1.54) is 0 Å². The Morgan fingerprint density at radius 1 is 1.18 bits per heavy atom. The van der Waals surface area contributed by atoms with Gasteiger partial charge in [0.05, 0.1) is 12.2 Å². The molecule has 0 spiro atoms. The largest absolute Gasteiger partial charge is 0.462 e. The zero-order valence-corrected chi connectivity index (χ0v) is 14.0. The molecule has 0 radical (unpaired) electrons. The van der Waals surface area contributed by atoms with Crippen LogP contribution < -0.4 is 10.6 Å². The number of hydrogen-bond acceptors (Lipinski definition) is 4. The molecule has 0 saturated carbocycles. The summed E-state index contributed by atoms with van der Waals surface area (Å²) in [5.74, 6) is -0.291. The van der Waals surface area contributed by atoms with E-state index in [1.54, 1.807) is 31.4 Å². The molecule has 0 heterocycles. The maximum atomic E-state index is 11.8. The van der Waals surface area contributed by atoms with Gasteiger partial charge in [-0.3, -0.25) is 0 Å². The number of nitrogens with one attached hydrogen (secondary N) is 2. The molecule has 22 heavy (non-hydrogen) atoms. The summed E-state index contributed by atoms with van der Waals surface area (Å²) in [7, 11) is 1.67. The fourth-order valence-corrected chi connectivity index (χ4v) is 1.90. The van der Waals surface area contributed by atoms with Gasteiger partial charge in [-0.15, -0.1) is 0 Å². The van der Waals surface area contributed by atoms with Crippen molar-refractivity contribution in [1.29, 1.82) is 0 Å². The van der Waals surface area contributed by atoms with Gasteiger partial charge in [-0.25, -0.2) is 4.79 Å². The van der Waals surface area contributed by atoms with Crippen molar-refractivity contribution in [2.75, 3.05) is 32.2 Å². The second-order valence-electron chi connectivity index (χ2n) is 4.79. The zero-order chi connectivity index (χ0) is 16.2. The highest BCUT2D eigenvalue weighted by atomic mass is 32.1. The monoisotopic (exact) mass is 324 g/mol. The Bertz CT molecular complexity index is 463. The number of thiocarbonyl (C=S) groups is 1. The summed E-state index contributed by atoms with van der Waals surface area (Å²) in [5, 5.41) is 6.70. The second kappa shape index (κ2) is 11.0. The van der Waals surface area contributed by atoms with Crippen molar-refractivity contribution in [1.82, 2.24) is 5.32 Å². The van der Waals surface area contributed by atoms with Gasteiger partial charge >= 0.3 is 5.97 Å². The highest BCUT2D eigenvalue weighted by molar-refractivity contribution is 7.80.